The lowest BCUT2D eigenvalue weighted by molar-refractivity contribution is 0.233. The molecule has 1 unspecified atom stereocenters. The molecule has 0 radical (unpaired) electrons. The number of hydrogen-bond acceptors (Lipinski definition) is 2. The van der Waals surface area contributed by atoms with Crippen LogP contribution in [0.25, 0.3) is 0 Å². The Morgan fingerprint density at radius 1 is 1.46 bits per heavy atom. The number of methoxy groups -OCH3 is 1. The number of allylic oxidation sites excluding steroid dienone is 1. The average Bonchev–Trinajstić information content (AvgIpc) is 2.63. The highest BCUT2D eigenvalue weighted by Crippen LogP contribution is 2.27. The fraction of sp³-hybridized carbons (Fsp3) is 0.818. The van der Waals surface area contributed by atoms with Gasteiger partial charge in [0.1, 0.15) is 0 Å². The predicted octanol–water partition coefficient (Wildman–Crippen LogP) is 3.11. The van der Waals surface area contributed by atoms with Crippen molar-refractivity contribution in [2.24, 2.45) is 5.92 Å². The molecule has 0 aromatic rings. The molecule has 1 rings (SSSR count). The fourth-order valence-electron chi connectivity index (χ4n) is 1.62. The molecular weight excluding hydrogens is 180 g/mol. The minimum absolute atomic E-state index is 0.763. The molecule has 2 heteroatoms. The lowest BCUT2D eigenvalue weighted by atomic mass is 10.0. The van der Waals surface area contributed by atoms with E-state index in [0.717, 1.165) is 12.5 Å². The minimum Gasteiger partial charge on any atom is -0.381 e. The molecule has 1 atom stereocenters. The van der Waals surface area contributed by atoms with Crippen LogP contribution in [0.2, 0.25) is 0 Å². The summed E-state index contributed by atoms with van der Waals surface area (Å²) in [6.07, 6.45) is 9.81. The normalized spacial score (nSPS) is 23.0. The summed E-state index contributed by atoms with van der Waals surface area (Å²) in [5.41, 5.74) is 0. The lowest BCUT2D eigenvalue weighted by Gasteiger charge is -2.05. The molecule has 0 N–H and O–H groups in total. The third-order valence-electron chi connectivity index (χ3n) is 2.44. The van der Waals surface area contributed by atoms with E-state index in [9.17, 15) is 0 Å². The van der Waals surface area contributed by atoms with E-state index >= 15 is 0 Å². The Labute approximate surface area is 85.9 Å². The molecular formula is C11H20OS. The van der Waals surface area contributed by atoms with Crippen LogP contribution >= 0.6 is 11.8 Å². The maximum Gasteiger partial charge on any atom is 0.0643 e. The summed E-state index contributed by atoms with van der Waals surface area (Å²) < 4.78 is 4.93. The van der Waals surface area contributed by atoms with Gasteiger partial charge >= 0.3 is 0 Å². The van der Waals surface area contributed by atoms with E-state index in [1.165, 1.54) is 37.2 Å². The van der Waals surface area contributed by atoms with E-state index in [4.69, 9.17) is 4.74 Å². The molecule has 0 amide bonds. The van der Waals surface area contributed by atoms with Gasteiger partial charge in [-0.2, -0.15) is 11.8 Å². The van der Waals surface area contributed by atoms with Crippen molar-refractivity contribution in [1.82, 2.24) is 0 Å². The van der Waals surface area contributed by atoms with Gasteiger partial charge < -0.3 is 4.74 Å². The smallest absolute Gasteiger partial charge is 0.0643 e. The molecule has 1 aliphatic heterocycles. The Hall–Kier alpha value is 0.0500. The van der Waals surface area contributed by atoms with Gasteiger partial charge in [-0.25, -0.2) is 0 Å². The van der Waals surface area contributed by atoms with Crippen LogP contribution in [0.3, 0.4) is 0 Å². The number of hydrogen-bond donors (Lipinski definition) is 0. The van der Waals surface area contributed by atoms with Crippen molar-refractivity contribution in [3.05, 3.63) is 12.2 Å². The molecule has 1 fully saturated rings. The quantitative estimate of drug-likeness (QED) is 0.481. The molecule has 0 aliphatic carbocycles. The molecule has 76 valence electrons. The minimum atomic E-state index is 0.763. The van der Waals surface area contributed by atoms with Gasteiger partial charge in [-0.1, -0.05) is 12.2 Å². The predicted molar refractivity (Wildman–Crippen MR) is 60.3 cm³/mol. The highest BCUT2D eigenvalue weighted by molar-refractivity contribution is 7.99. The zero-order valence-electron chi connectivity index (χ0n) is 8.50. The second-order valence-corrected chi connectivity index (χ2v) is 4.74. The van der Waals surface area contributed by atoms with E-state index in [1.807, 2.05) is 0 Å². The Morgan fingerprint density at radius 2 is 2.38 bits per heavy atom. The Morgan fingerprint density at radius 3 is 3.08 bits per heavy atom. The average molecular weight is 200 g/mol. The van der Waals surface area contributed by atoms with Crippen LogP contribution < -0.4 is 0 Å². The highest BCUT2D eigenvalue weighted by atomic mass is 32.2. The SMILES string of the molecule is COCC=CCCCC1CCSC1. The summed E-state index contributed by atoms with van der Waals surface area (Å²) in [5.74, 6) is 3.81. The summed E-state index contributed by atoms with van der Waals surface area (Å²) in [6, 6.07) is 0. The van der Waals surface area contributed by atoms with Gasteiger partial charge in [-0.3, -0.25) is 0 Å². The first-order valence-electron chi connectivity index (χ1n) is 5.15. The van der Waals surface area contributed by atoms with Crippen molar-refractivity contribution in [3.8, 4) is 0 Å². The fourth-order valence-corrected chi connectivity index (χ4v) is 2.95. The molecule has 0 aromatic carbocycles. The molecule has 0 spiro atoms. The van der Waals surface area contributed by atoms with Crippen LogP contribution in [-0.2, 0) is 4.74 Å². The molecule has 1 aliphatic rings. The van der Waals surface area contributed by atoms with Crippen LogP contribution in [0.4, 0.5) is 0 Å². The second-order valence-electron chi connectivity index (χ2n) is 3.59. The van der Waals surface area contributed by atoms with Crippen molar-refractivity contribution in [3.63, 3.8) is 0 Å². The maximum absolute atomic E-state index is 4.93. The summed E-state index contributed by atoms with van der Waals surface area (Å²) in [6.45, 7) is 0.763. The first-order chi connectivity index (χ1) is 6.43. The first-order valence-corrected chi connectivity index (χ1v) is 6.30. The topological polar surface area (TPSA) is 9.23 Å². The Balaban J connectivity index is 1.88. The zero-order chi connectivity index (χ0) is 9.36. The Kier molecular flexibility index (Phi) is 6.38. The number of ether oxygens (including phenoxy) is 1. The molecule has 0 aromatic heterocycles. The van der Waals surface area contributed by atoms with Gasteiger partial charge in [0.25, 0.3) is 0 Å². The van der Waals surface area contributed by atoms with Crippen LogP contribution in [0.15, 0.2) is 12.2 Å². The molecule has 0 bridgehead atoms. The summed E-state index contributed by atoms with van der Waals surface area (Å²) >= 11 is 2.12. The first kappa shape index (κ1) is 11.1. The van der Waals surface area contributed by atoms with Gasteiger partial charge in [0.15, 0.2) is 0 Å². The van der Waals surface area contributed by atoms with Crippen molar-refractivity contribution < 1.29 is 4.74 Å². The lowest BCUT2D eigenvalue weighted by Crippen LogP contribution is -1.96. The monoisotopic (exact) mass is 200 g/mol. The molecule has 13 heavy (non-hydrogen) atoms. The van der Waals surface area contributed by atoms with E-state index in [-0.39, 0.29) is 0 Å². The van der Waals surface area contributed by atoms with E-state index in [2.05, 4.69) is 23.9 Å². The molecule has 1 heterocycles. The molecule has 0 saturated carbocycles. The highest BCUT2D eigenvalue weighted by Gasteiger charge is 2.13. The van der Waals surface area contributed by atoms with Gasteiger partial charge in [-0.15, -0.1) is 0 Å². The van der Waals surface area contributed by atoms with Crippen LogP contribution in [-0.4, -0.2) is 25.2 Å². The summed E-state index contributed by atoms with van der Waals surface area (Å²) in [5, 5.41) is 0. The summed E-state index contributed by atoms with van der Waals surface area (Å²) in [7, 11) is 1.74. The zero-order valence-corrected chi connectivity index (χ0v) is 9.31. The van der Waals surface area contributed by atoms with Gasteiger partial charge in [-0.05, 0) is 43.1 Å². The number of unbranched alkanes of at least 4 members (excludes halogenated alkanes) is 1. The van der Waals surface area contributed by atoms with Crippen molar-refractivity contribution in [2.45, 2.75) is 25.7 Å². The standard InChI is InChI=1S/C11H20OS/c1-12-8-5-3-2-4-6-11-7-9-13-10-11/h3,5,11H,2,4,6-10H2,1H3. The third-order valence-corrected chi connectivity index (χ3v) is 3.67. The number of rotatable bonds is 6. The van der Waals surface area contributed by atoms with Gasteiger partial charge in [0, 0.05) is 7.11 Å². The molecule has 1 nitrogen and oxygen atoms in total. The summed E-state index contributed by atoms with van der Waals surface area (Å²) in [4.78, 5) is 0. The van der Waals surface area contributed by atoms with Crippen molar-refractivity contribution in [1.29, 1.82) is 0 Å². The van der Waals surface area contributed by atoms with Crippen molar-refractivity contribution >= 4 is 11.8 Å². The van der Waals surface area contributed by atoms with Crippen LogP contribution in [0, 0.1) is 5.92 Å². The second kappa shape index (κ2) is 7.45. The Bertz CT molecular complexity index is 139. The number of thioether (sulfide) groups is 1. The largest absolute Gasteiger partial charge is 0.381 e. The van der Waals surface area contributed by atoms with E-state index in [1.54, 1.807) is 7.11 Å². The van der Waals surface area contributed by atoms with Crippen LogP contribution in [0.5, 0.6) is 0 Å². The molecule has 1 saturated heterocycles. The van der Waals surface area contributed by atoms with E-state index < -0.39 is 0 Å². The maximum atomic E-state index is 4.93. The third kappa shape index (κ3) is 5.37. The van der Waals surface area contributed by atoms with Crippen LogP contribution in [0.1, 0.15) is 25.7 Å². The van der Waals surface area contributed by atoms with Gasteiger partial charge in [0.05, 0.1) is 6.61 Å². The van der Waals surface area contributed by atoms with Gasteiger partial charge in [0.2, 0.25) is 0 Å². The van der Waals surface area contributed by atoms with Crippen molar-refractivity contribution in [2.75, 3.05) is 25.2 Å². The van der Waals surface area contributed by atoms with E-state index in [0.29, 0.717) is 0 Å².